The van der Waals surface area contributed by atoms with Gasteiger partial charge in [-0.2, -0.15) is 5.10 Å². The van der Waals surface area contributed by atoms with Gasteiger partial charge in [-0.3, -0.25) is 14.4 Å². The molecule has 0 atom stereocenters. The van der Waals surface area contributed by atoms with Gasteiger partial charge in [0.25, 0.3) is 11.7 Å². The van der Waals surface area contributed by atoms with Gasteiger partial charge in [0.2, 0.25) is 5.91 Å². The number of carbonyl (C=O) groups excluding carboxylic acids is 3. The maximum absolute atomic E-state index is 12.7. The Morgan fingerprint density at radius 3 is 2.40 bits per heavy atom. The van der Waals surface area contributed by atoms with Gasteiger partial charge in [0.15, 0.2) is 0 Å². The van der Waals surface area contributed by atoms with E-state index >= 15 is 0 Å². The Kier molecular flexibility index (Phi) is 6.47. The number of aryl methyl sites for hydroxylation is 2. The van der Waals surface area contributed by atoms with Crippen molar-refractivity contribution in [2.75, 3.05) is 11.9 Å². The second kappa shape index (κ2) is 9.04. The van der Waals surface area contributed by atoms with Gasteiger partial charge in [-0.1, -0.05) is 34.1 Å². The summed E-state index contributed by atoms with van der Waals surface area (Å²) in [5.74, 6) is -2.00. The number of anilines is 1. The van der Waals surface area contributed by atoms with Crippen LogP contribution >= 0.6 is 15.9 Å². The van der Waals surface area contributed by atoms with Crippen molar-refractivity contribution in [2.24, 2.45) is 0 Å². The maximum Gasteiger partial charge on any atom is 0.292 e. The number of nitrogens with one attached hydrogen (secondary N) is 2. The maximum atomic E-state index is 12.7. The lowest BCUT2D eigenvalue weighted by atomic mass is 10.1. The zero-order valence-electron chi connectivity index (χ0n) is 16.8. The summed E-state index contributed by atoms with van der Waals surface area (Å²) in [6, 6.07) is 14.7. The molecule has 0 saturated heterocycles. The van der Waals surface area contributed by atoms with Crippen molar-refractivity contribution < 1.29 is 14.4 Å². The largest absolute Gasteiger partial charge is 0.340 e. The molecule has 2 amide bonds. The fourth-order valence-corrected chi connectivity index (χ4v) is 3.32. The lowest BCUT2D eigenvalue weighted by Gasteiger charge is -2.08. The van der Waals surface area contributed by atoms with Crippen molar-refractivity contribution in [1.29, 1.82) is 0 Å². The predicted molar refractivity (Wildman–Crippen MR) is 118 cm³/mol. The van der Waals surface area contributed by atoms with E-state index in [1.54, 1.807) is 30.7 Å². The summed E-state index contributed by atoms with van der Waals surface area (Å²) in [4.78, 5) is 37.2. The molecule has 0 unspecified atom stereocenters. The third-order valence-corrected chi connectivity index (χ3v) is 5.47. The van der Waals surface area contributed by atoms with Crippen molar-refractivity contribution in [3.63, 3.8) is 0 Å². The van der Waals surface area contributed by atoms with Crippen molar-refractivity contribution in [3.8, 4) is 5.69 Å². The highest BCUT2D eigenvalue weighted by Gasteiger charge is 2.25. The Morgan fingerprint density at radius 2 is 1.73 bits per heavy atom. The topological polar surface area (TPSA) is 93.1 Å². The fraction of sp³-hybridized carbons (Fsp3) is 0.182. The number of rotatable bonds is 6. The molecule has 0 radical (unpaired) electrons. The van der Waals surface area contributed by atoms with Crippen molar-refractivity contribution in [3.05, 3.63) is 75.5 Å². The number of hydrogen-bond acceptors (Lipinski definition) is 4. The third-order valence-electron chi connectivity index (χ3n) is 4.58. The van der Waals surface area contributed by atoms with Crippen LogP contribution in [0, 0.1) is 20.8 Å². The first kappa shape index (κ1) is 21.4. The van der Waals surface area contributed by atoms with Gasteiger partial charge in [0, 0.05) is 10.2 Å². The minimum absolute atomic E-state index is 0.236. The van der Waals surface area contributed by atoms with Gasteiger partial charge >= 0.3 is 0 Å². The molecule has 0 saturated carbocycles. The summed E-state index contributed by atoms with van der Waals surface area (Å²) < 4.78 is 2.56. The molecule has 154 valence electrons. The quantitative estimate of drug-likeness (QED) is 0.427. The van der Waals surface area contributed by atoms with E-state index in [1.807, 2.05) is 43.3 Å². The number of amides is 2. The zero-order valence-corrected chi connectivity index (χ0v) is 18.4. The van der Waals surface area contributed by atoms with Crippen LogP contribution in [0.15, 0.2) is 53.0 Å². The molecule has 0 aliphatic rings. The van der Waals surface area contributed by atoms with E-state index in [0.29, 0.717) is 17.1 Å². The minimum Gasteiger partial charge on any atom is -0.340 e. The number of benzene rings is 2. The SMILES string of the molecule is Cc1cc(NC(=O)CNC(=O)C(=O)c2c(C)nn(-c3ccccc3)c2C)ccc1Br. The van der Waals surface area contributed by atoms with Gasteiger partial charge in [0.05, 0.1) is 29.2 Å². The summed E-state index contributed by atoms with van der Waals surface area (Å²) in [5, 5.41) is 9.46. The predicted octanol–water partition coefficient (Wildman–Crippen LogP) is 3.50. The monoisotopic (exact) mass is 468 g/mol. The number of nitrogens with zero attached hydrogens (tertiary/aromatic N) is 2. The molecular formula is C22H21BrN4O3. The normalized spacial score (nSPS) is 10.5. The van der Waals surface area contributed by atoms with Crippen molar-refractivity contribution in [1.82, 2.24) is 15.1 Å². The Labute approximate surface area is 182 Å². The smallest absolute Gasteiger partial charge is 0.292 e. The Bertz CT molecular complexity index is 1120. The van der Waals surface area contributed by atoms with Crippen LogP contribution in [0.5, 0.6) is 0 Å². The molecule has 0 aliphatic carbocycles. The molecule has 0 aliphatic heterocycles. The van der Waals surface area contributed by atoms with Gasteiger partial charge in [-0.25, -0.2) is 4.68 Å². The number of hydrogen-bond donors (Lipinski definition) is 2. The van der Waals surface area contributed by atoms with E-state index in [0.717, 1.165) is 15.7 Å². The van der Waals surface area contributed by atoms with E-state index < -0.39 is 17.6 Å². The van der Waals surface area contributed by atoms with Crippen LogP contribution in [0.4, 0.5) is 5.69 Å². The Hall–Kier alpha value is -3.26. The second-order valence-corrected chi connectivity index (χ2v) is 7.67. The first-order chi connectivity index (χ1) is 14.3. The summed E-state index contributed by atoms with van der Waals surface area (Å²) >= 11 is 3.40. The van der Waals surface area contributed by atoms with E-state index in [1.165, 1.54) is 0 Å². The van der Waals surface area contributed by atoms with Gasteiger partial charge in [0.1, 0.15) is 0 Å². The highest BCUT2D eigenvalue weighted by molar-refractivity contribution is 9.10. The molecule has 0 fully saturated rings. The molecule has 0 spiro atoms. The van der Waals surface area contributed by atoms with Crippen LogP contribution in [0.25, 0.3) is 5.69 Å². The van der Waals surface area contributed by atoms with Crippen molar-refractivity contribution >= 4 is 39.2 Å². The van der Waals surface area contributed by atoms with Gasteiger partial charge in [-0.05, 0) is 56.7 Å². The first-order valence-electron chi connectivity index (χ1n) is 9.28. The van der Waals surface area contributed by atoms with Crippen LogP contribution in [0.3, 0.4) is 0 Å². The molecule has 1 aromatic heterocycles. The Morgan fingerprint density at radius 1 is 1.03 bits per heavy atom. The van der Waals surface area contributed by atoms with E-state index in [4.69, 9.17) is 0 Å². The lowest BCUT2D eigenvalue weighted by molar-refractivity contribution is -0.121. The molecule has 1 heterocycles. The summed E-state index contributed by atoms with van der Waals surface area (Å²) in [6.07, 6.45) is 0. The number of para-hydroxylation sites is 1. The second-order valence-electron chi connectivity index (χ2n) is 6.82. The van der Waals surface area contributed by atoms with Crippen LogP contribution in [0.1, 0.15) is 27.3 Å². The molecule has 2 N–H and O–H groups in total. The Balaban J connectivity index is 1.66. The first-order valence-corrected chi connectivity index (χ1v) is 10.1. The van der Waals surface area contributed by atoms with E-state index in [2.05, 4.69) is 31.7 Å². The molecular weight excluding hydrogens is 448 g/mol. The molecule has 30 heavy (non-hydrogen) atoms. The third kappa shape index (κ3) is 4.65. The number of ketones is 1. The van der Waals surface area contributed by atoms with Crippen LogP contribution < -0.4 is 10.6 Å². The van der Waals surface area contributed by atoms with Crippen LogP contribution in [0.2, 0.25) is 0 Å². The van der Waals surface area contributed by atoms with Crippen molar-refractivity contribution in [2.45, 2.75) is 20.8 Å². The van der Waals surface area contributed by atoms with Gasteiger partial charge in [-0.15, -0.1) is 0 Å². The minimum atomic E-state index is -0.851. The number of Topliss-reactive ketones (excluding diaryl/α,β-unsaturated/α-hetero) is 1. The molecule has 7 nitrogen and oxygen atoms in total. The van der Waals surface area contributed by atoms with Crippen LogP contribution in [-0.2, 0) is 9.59 Å². The van der Waals surface area contributed by atoms with Crippen LogP contribution in [-0.4, -0.2) is 33.9 Å². The number of halogens is 1. The summed E-state index contributed by atoms with van der Waals surface area (Å²) in [6.45, 7) is 5.00. The highest BCUT2D eigenvalue weighted by atomic mass is 79.9. The molecule has 3 rings (SSSR count). The average Bonchev–Trinajstić information content (AvgIpc) is 3.03. The van der Waals surface area contributed by atoms with Gasteiger partial charge < -0.3 is 10.6 Å². The summed E-state index contributed by atoms with van der Waals surface area (Å²) in [7, 11) is 0. The average molecular weight is 469 g/mol. The van der Waals surface area contributed by atoms with E-state index in [9.17, 15) is 14.4 Å². The molecule has 0 bridgehead atoms. The molecule has 2 aromatic carbocycles. The molecule has 3 aromatic rings. The number of aromatic nitrogens is 2. The lowest BCUT2D eigenvalue weighted by Crippen LogP contribution is -2.37. The molecule has 8 heteroatoms. The summed E-state index contributed by atoms with van der Waals surface area (Å²) in [5.41, 5.74) is 3.62. The highest BCUT2D eigenvalue weighted by Crippen LogP contribution is 2.20. The zero-order chi connectivity index (χ0) is 21.8. The number of carbonyl (C=O) groups is 3. The standard InChI is InChI=1S/C22H21BrN4O3/c1-13-11-16(9-10-18(13)23)25-19(28)12-24-22(30)21(29)20-14(2)26-27(15(20)3)17-7-5-4-6-8-17/h4-11H,12H2,1-3H3,(H,24,30)(H,25,28). The van der Waals surface area contributed by atoms with E-state index in [-0.39, 0.29) is 12.1 Å². The fourth-order valence-electron chi connectivity index (χ4n) is 3.07.